The number of aromatic nitrogens is 2. The van der Waals surface area contributed by atoms with Gasteiger partial charge in [0.25, 0.3) is 0 Å². The molecule has 0 saturated carbocycles. The standard InChI is InChI=1S/C21H14N2O3/c24-21(25)15-8-6-14(7-9-15)16-12-18(17-4-1-2-10-22-17)23-19(13-16)20-5-3-11-26-20/h1-13H,(H,24,25). The van der Waals surface area contributed by atoms with Gasteiger partial charge in [0.1, 0.15) is 5.69 Å². The summed E-state index contributed by atoms with van der Waals surface area (Å²) in [5.74, 6) is -0.289. The van der Waals surface area contributed by atoms with Crippen LogP contribution in [0.5, 0.6) is 0 Å². The molecule has 0 unspecified atom stereocenters. The van der Waals surface area contributed by atoms with Crippen molar-refractivity contribution in [3.63, 3.8) is 0 Å². The minimum absolute atomic E-state index is 0.249. The zero-order valence-electron chi connectivity index (χ0n) is 13.7. The van der Waals surface area contributed by atoms with Gasteiger partial charge in [0.05, 0.1) is 23.2 Å². The maximum atomic E-state index is 11.1. The number of nitrogens with zero attached hydrogens (tertiary/aromatic N) is 2. The lowest BCUT2D eigenvalue weighted by molar-refractivity contribution is 0.0697. The summed E-state index contributed by atoms with van der Waals surface area (Å²) < 4.78 is 5.49. The monoisotopic (exact) mass is 342 g/mol. The highest BCUT2D eigenvalue weighted by atomic mass is 16.4. The first kappa shape index (κ1) is 15.8. The van der Waals surface area contributed by atoms with Crippen LogP contribution < -0.4 is 0 Å². The van der Waals surface area contributed by atoms with Gasteiger partial charge < -0.3 is 9.52 Å². The maximum absolute atomic E-state index is 11.1. The van der Waals surface area contributed by atoms with Crippen LogP contribution in [0.1, 0.15) is 10.4 Å². The largest absolute Gasteiger partial charge is 0.478 e. The van der Waals surface area contributed by atoms with Gasteiger partial charge in [0, 0.05) is 6.20 Å². The average Bonchev–Trinajstić information content (AvgIpc) is 3.23. The molecule has 26 heavy (non-hydrogen) atoms. The first-order valence-corrected chi connectivity index (χ1v) is 8.02. The van der Waals surface area contributed by atoms with Crippen LogP contribution in [0, 0.1) is 0 Å². The van der Waals surface area contributed by atoms with Crippen LogP contribution in [0.2, 0.25) is 0 Å². The van der Waals surface area contributed by atoms with Gasteiger partial charge in [-0.25, -0.2) is 9.78 Å². The Balaban J connectivity index is 1.86. The second-order valence-corrected chi connectivity index (χ2v) is 5.70. The van der Waals surface area contributed by atoms with Crippen LogP contribution in [-0.4, -0.2) is 21.0 Å². The van der Waals surface area contributed by atoms with E-state index in [9.17, 15) is 4.79 Å². The number of rotatable bonds is 4. The van der Waals surface area contributed by atoms with Crippen molar-refractivity contribution in [1.29, 1.82) is 0 Å². The van der Waals surface area contributed by atoms with Gasteiger partial charge in [-0.3, -0.25) is 4.98 Å². The summed E-state index contributed by atoms with van der Waals surface area (Å²) in [4.78, 5) is 20.1. The molecule has 3 aromatic heterocycles. The molecule has 1 aromatic carbocycles. The fourth-order valence-corrected chi connectivity index (χ4v) is 2.70. The van der Waals surface area contributed by atoms with Gasteiger partial charge in [-0.05, 0) is 59.7 Å². The highest BCUT2D eigenvalue weighted by molar-refractivity contribution is 5.88. The summed E-state index contributed by atoms with van der Waals surface area (Å²) >= 11 is 0. The quantitative estimate of drug-likeness (QED) is 0.578. The third kappa shape index (κ3) is 3.10. The molecule has 4 aromatic rings. The lowest BCUT2D eigenvalue weighted by Crippen LogP contribution is -1.95. The molecule has 126 valence electrons. The molecule has 0 radical (unpaired) electrons. The van der Waals surface area contributed by atoms with E-state index in [0.29, 0.717) is 11.5 Å². The molecule has 3 heterocycles. The van der Waals surface area contributed by atoms with Crippen molar-refractivity contribution < 1.29 is 14.3 Å². The number of carbonyl (C=O) groups is 1. The Morgan fingerprint density at radius 2 is 1.65 bits per heavy atom. The molecule has 5 nitrogen and oxygen atoms in total. The highest BCUT2D eigenvalue weighted by Gasteiger charge is 2.11. The van der Waals surface area contributed by atoms with E-state index < -0.39 is 5.97 Å². The summed E-state index contributed by atoms with van der Waals surface area (Å²) in [7, 11) is 0. The van der Waals surface area contributed by atoms with E-state index in [4.69, 9.17) is 9.52 Å². The van der Waals surface area contributed by atoms with Crippen molar-refractivity contribution in [2.45, 2.75) is 0 Å². The molecule has 0 fully saturated rings. The molecule has 4 rings (SSSR count). The Labute approximate surface area is 149 Å². The summed E-state index contributed by atoms with van der Waals surface area (Å²) in [5, 5.41) is 9.08. The third-order valence-electron chi connectivity index (χ3n) is 3.99. The molecule has 0 amide bonds. The molecule has 0 saturated heterocycles. The predicted octanol–water partition coefficient (Wildman–Crippen LogP) is 4.77. The van der Waals surface area contributed by atoms with Gasteiger partial charge >= 0.3 is 5.97 Å². The number of carboxylic acids is 1. The van der Waals surface area contributed by atoms with Gasteiger partial charge in [-0.2, -0.15) is 0 Å². The van der Waals surface area contributed by atoms with E-state index in [0.717, 1.165) is 22.5 Å². The molecule has 0 spiro atoms. The third-order valence-corrected chi connectivity index (χ3v) is 3.99. The number of hydrogen-bond acceptors (Lipinski definition) is 4. The van der Waals surface area contributed by atoms with Gasteiger partial charge in [-0.15, -0.1) is 0 Å². The Morgan fingerprint density at radius 3 is 2.31 bits per heavy atom. The summed E-state index contributed by atoms with van der Waals surface area (Å²) in [6.45, 7) is 0. The second-order valence-electron chi connectivity index (χ2n) is 5.70. The molecular weight excluding hydrogens is 328 g/mol. The van der Waals surface area contributed by atoms with Crippen molar-refractivity contribution in [1.82, 2.24) is 9.97 Å². The zero-order chi connectivity index (χ0) is 17.9. The lowest BCUT2D eigenvalue weighted by Gasteiger charge is -2.08. The Hall–Kier alpha value is -3.73. The fraction of sp³-hybridized carbons (Fsp3) is 0. The summed E-state index contributed by atoms with van der Waals surface area (Å²) in [6.07, 6.45) is 3.32. The van der Waals surface area contributed by atoms with E-state index in [2.05, 4.69) is 9.97 Å². The van der Waals surface area contributed by atoms with E-state index in [-0.39, 0.29) is 5.56 Å². The predicted molar refractivity (Wildman–Crippen MR) is 97.6 cm³/mol. The van der Waals surface area contributed by atoms with Gasteiger partial charge in [0.2, 0.25) is 0 Å². The van der Waals surface area contributed by atoms with Crippen LogP contribution in [0.15, 0.2) is 83.6 Å². The van der Waals surface area contributed by atoms with E-state index in [1.165, 1.54) is 0 Å². The number of furan rings is 1. The van der Waals surface area contributed by atoms with Crippen LogP contribution in [0.4, 0.5) is 0 Å². The maximum Gasteiger partial charge on any atom is 0.335 e. The van der Waals surface area contributed by atoms with E-state index in [1.54, 1.807) is 36.7 Å². The van der Waals surface area contributed by atoms with Gasteiger partial charge in [-0.1, -0.05) is 18.2 Å². The summed E-state index contributed by atoms with van der Waals surface area (Å²) in [6, 6.07) is 19.9. The van der Waals surface area contributed by atoms with Crippen LogP contribution in [0.25, 0.3) is 34.0 Å². The minimum atomic E-state index is -0.947. The molecular formula is C21H14N2O3. The van der Waals surface area contributed by atoms with Gasteiger partial charge in [0.15, 0.2) is 5.76 Å². The van der Waals surface area contributed by atoms with Crippen LogP contribution in [-0.2, 0) is 0 Å². The SMILES string of the molecule is O=C(O)c1ccc(-c2cc(-c3ccccn3)nc(-c3ccco3)c2)cc1. The topological polar surface area (TPSA) is 76.2 Å². The van der Waals surface area contributed by atoms with Crippen molar-refractivity contribution in [2.75, 3.05) is 0 Å². The van der Waals surface area contributed by atoms with Crippen molar-refractivity contribution in [2.24, 2.45) is 0 Å². The smallest absolute Gasteiger partial charge is 0.335 e. The lowest BCUT2D eigenvalue weighted by atomic mass is 10.0. The van der Waals surface area contributed by atoms with E-state index >= 15 is 0 Å². The first-order valence-electron chi connectivity index (χ1n) is 8.02. The fourth-order valence-electron chi connectivity index (χ4n) is 2.70. The molecule has 1 N–H and O–H groups in total. The Kier molecular flexibility index (Phi) is 4.03. The van der Waals surface area contributed by atoms with Crippen LogP contribution in [0.3, 0.4) is 0 Å². The Morgan fingerprint density at radius 1 is 0.846 bits per heavy atom. The number of carboxylic acid groups (broad SMARTS) is 1. The number of aromatic carboxylic acids is 1. The zero-order valence-corrected chi connectivity index (χ0v) is 13.7. The van der Waals surface area contributed by atoms with E-state index in [1.807, 2.05) is 42.5 Å². The first-order chi connectivity index (χ1) is 12.7. The average molecular weight is 342 g/mol. The molecule has 5 heteroatoms. The van der Waals surface area contributed by atoms with Crippen molar-refractivity contribution in [3.05, 3.63) is 84.8 Å². The molecule has 0 bridgehead atoms. The second kappa shape index (κ2) is 6.64. The normalized spacial score (nSPS) is 10.6. The Bertz CT molecular complexity index is 1040. The molecule has 0 aliphatic heterocycles. The highest BCUT2D eigenvalue weighted by Crippen LogP contribution is 2.29. The van der Waals surface area contributed by atoms with Crippen LogP contribution >= 0.6 is 0 Å². The van der Waals surface area contributed by atoms with Crippen molar-refractivity contribution >= 4 is 5.97 Å². The molecule has 0 aliphatic carbocycles. The minimum Gasteiger partial charge on any atom is -0.478 e. The molecule has 0 atom stereocenters. The number of pyridine rings is 2. The van der Waals surface area contributed by atoms with Crippen molar-refractivity contribution in [3.8, 4) is 34.0 Å². The number of benzene rings is 1. The molecule has 0 aliphatic rings. The summed E-state index contributed by atoms with van der Waals surface area (Å²) in [5.41, 5.74) is 4.21. The number of hydrogen-bond donors (Lipinski definition) is 1.